The molecule has 0 saturated heterocycles. The summed E-state index contributed by atoms with van der Waals surface area (Å²) in [6.45, 7) is 8.98. The second kappa shape index (κ2) is 42.6. The van der Waals surface area contributed by atoms with E-state index < -0.39 is 6.10 Å². The third-order valence-electron chi connectivity index (χ3n) is 10.8. The smallest absolute Gasteiger partial charge is 0.306 e. The minimum atomic E-state index is -0.758. The van der Waals surface area contributed by atoms with Crippen LogP contribution in [0.3, 0.4) is 0 Å². The quantitative estimate of drug-likeness (QED) is 0.0349. The zero-order valence-corrected chi connectivity index (χ0v) is 36.7. The van der Waals surface area contributed by atoms with E-state index in [-0.39, 0.29) is 31.1 Å². The number of esters is 3. The number of carbonyl (C=O) groups excluding carboxylic acids is 3. The monoisotopic (exact) mass is 765 g/mol. The first-order valence-electron chi connectivity index (χ1n) is 23.9. The van der Waals surface area contributed by atoms with Crippen LogP contribution in [-0.2, 0) is 28.6 Å². The molecule has 0 aromatic heterocycles. The van der Waals surface area contributed by atoms with Gasteiger partial charge in [-0.15, -0.1) is 0 Å². The van der Waals surface area contributed by atoms with Crippen molar-refractivity contribution in [2.24, 2.45) is 5.92 Å². The molecule has 0 fully saturated rings. The summed E-state index contributed by atoms with van der Waals surface area (Å²) in [5.41, 5.74) is 0. The van der Waals surface area contributed by atoms with Gasteiger partial charge in [-0.3, -0.25) is 14.4 Å². The average molecular weight is 765 g/mol. The topological polar surface area (TPSA) is 78.9 Å². The first-order valence-corrected chi connectivity index (χ1v) is 23.9. The van der Waals surface area contributed by atoms with Gasteiger partial charge in [0.05, 0.1) is 0 Å². The van der Waals surface area contributed by atoms with Crippen molar-refractivity contribution in [2.75, 3.05) is 13.2 Å². The number of ether oxygens (including phenoxy) is 3. The first kappa shape index (κ1) is 52.4. The van der Waals surface area contributed by atoms with Crippen LogP contribution in [0.4, 0.5) is 0 Å². The molecule has 0 unspecified atom stereocenters. The van der Waals surface area contributed by atoms with E-state index in [4.69, 9.17) is 14.2 Å². The van der Waals surface area contributed by atoms with E-state index in [2.05, 4.69) is 27.7 Å². The SMILES string of the molecule is CCCCCCCCCCCCCC(=O)O[C@@H](COC(=O)CCCCCCCCC)COC(=O)CCCCCCCCCCCCCCCCCC(C)C. The number of hydrogen-bond acceptors (Lipinski definition) is 6. The lowest BCUT2D eigenvalue weighted by molar-refractivity contribution is -0.167. The van der Waals surface area contributed by atoms with Crippen LogP contribution in [0.5, 0.6) is 0 Å². The van der Waals surface area contributed by atoms with Crippen molar-refractivity contribution >= 4 is 17.9 Å². The molecule has 0 bridgehead atoms. The highest BCUT2D eigenvalue weighted by molar-refractivity contribution is 5.71. The summed E-state index contributed by atoms with van der Waals surface area (Å²) in [7, 11) is 0. The van der Waals surface area contributed by atoms with Gasteiger partial charge in [-0.05, 0) is 25.2 Å². The van der Waals surface area contributed by atoms with Gasteiger partial charge in [0.2, 0.25) is 0 Å². The van der Waals surface area contributed by atoms with Crippen molar-refractivity contribution in [1.82, 2.24) is 0 Å². The molecule has 0 aliphatic rings. The molecule has 0 spiro atoms. The van der Waals surface area contributed by atoms with Gasteiger partial charge in [-0.2, -0.15) is 0 Å². The second-order valence-electron chi connectivity index (χ2n) is 16.9. The maximum absolute atomic E-state index is 12.7. The summed E-state index contributed by atoms with van der Waals surface area (Å²) in [6, 6.07) is 0. The highest BCUT2D eigenvalue weighted by Gasteiger charge is 2.19. The van der Waals surface area contributed by atoms with E-state index in [9.17, 15) is 14.4 Å². The van der Waals surface area contributed by atoms with Crippen LogP contribution >= 0.6 is 0 Å². The van der Waals surface area contributed by atoms with E-state index >= 15 is 0 Å². The Bertz CT molecular complexity index is 811. The largest absolute Gasteiger partial charge is 0.462 e. The van der Waals surface area contributed by atoms with Crippen molar-refractivity contribution in [3.05, 3.63) is 0 Å². The van der Waals surface area contributed by atoms with E-state index in [0.29, 0.717) is 19.3 Å². The van der Waals surface area contributed by atoms with Crippen molar-refractivity contribution in [3.8, 4) is 0 Å². The number of unbranched alkanes of at least 4 members (excludes halogenated alkanes) is 30. The van der Waals surface area contributed by atoms with Crippen LogP contribution < -0.4 is 0 Å². The van der Waals surface area contributed by atoms with Crippen LogP contribution in [-0.4, -0.2) is 37.2 Å². The van der Waals surface area contributed by atoms with Gasteiger partial charge in [-0.25, -0.2) is 0 Å². The van der Waals surface area contributed by atoms with Crippen LogP contribution in [0.1, 0.15) is 265 Å². The molecule has 0 heterocycles. The van der Waals surface area contributed by atoms with Gasteiger partial charge >= 0.3 is 17.9 Å². The lowest BCUT2D eigenvalue weighted by atomic mass is 10.0. The summed E-state index contributed by atoms with van der Waals surface area (Å²) >= 11 is 0. The maximum atomic E-state index is 12.7. The van der Waals surface area contributed by atoms with Crippen molar-refractivity contribution in [1.29, 1.82) is 0 Å². The lowest BCUT2D eigenvalue weighted by Gasteiger charge is -2.18. The summed E-state index contributed by atoms with van der Waals surface area (Å²) in [4.78, 5) is 37.6. The standard InChI is InChI=1S/C48H92O6/c1-5-7-9-11-13-14-20-25-29-33-37-41-48(51)54-45(42-52-46(49)39-35-31-26-12-10-8-6-2)43-53-47(50)40-36-32-28-24-22-19-17-15-16-18-21-23-27-30-34-38-44(3)4/h44-45H,5-43H2,1-4H3/t45-/m0/s1. The van der Waals surface area contributed by atoms with Crippen molar-refractivity contribution in [3.63, 3.8) is 0 Å². The highest BCUT2D eigenvalue weighted by Crippen LogP contribution is 2.16. The molecule has 0 N–H and O–H groups in total. The summed E-state index contributed by atoms with van der Waals surface area (Å²) in [5.74, 6) is -0.00844. The predicted octanol–water partition coefficient (Wildman–Crippen LogP) is 15.1. The molecule has 0 aromatic rings. The van der Waals surface area contributed by atoms with Gasteiger partial charge in [0.1, 0.15) is 13.2 Å². The number of carbonyl (C=O) groups is 3. The predicted molar refractivity (Wildman–Crippen MR) is 229 cm³/mol. The minimum absolute atomic E-state index is 0.0637. The normalized spacial score (nSPS) is 11.9. The fourth-order valence-electron chi connectivity index (χ4n) is 7.16. The van der Waals surface area contributed by atoms with Crippen LogP contribution in [0, 0.1) is 5.92 Å². The molecule has 0 amide bonds. The molecule has 0 aliphatic heterocycles. The Labute approximate surface area is 336 Å². The first-order chi connectivity index (χ1) is 26.4. The van der Waals surface area contributed by atoms with Gasteiger partial charge in [0.25, 0.3) is 0 Å². The zero-order chi connectivity index (χ0) is 39.6. The third-order valence-corrected chi connectivity index (χ3v) is 10.8. The molecule has 6 heteroatoms. The Kier molecular flexibility index (Phi) is 41.3. The highest BCUT2D eigenvalue weighted by atomic mass is 16.6. The fraction of sp³-hybridized carbons (Fsp3) is 0.938. The Balaban J connectivity index is 4.18. The molecule has 6 nitrogen and oxygen atoms in total. The van der Waals surface area contributed by atoms with E-state index in [1.165, 1.54) is 161 Å². The number of rotatable bonds is 43. The average Bonchev–Trinajstić information content (AvgIpc) is 3.15. The van der Waals surface area contributed by atoms with Crippen LogP contribution in [0.25, 0.3) is 0 Å². The van der Waals surface area contributed by atoms with Gasteiger partial charge in [-0.1, -0.05) is 227 Å². The minimum Gasteiger partial charge on any atom is -0.462 e. The molecule has 54 heavy (non-hydrogen) atoms. The Morgan fingerprint density at radius 1 is 0.352 bits per heavy atom. The second-order valence-corrected chi connectivity index (χ2v) is 16.9. The van der Waals surface area contributed by atoms with E-state index in [1.807, 2.05) is 0 Å². The van der Waals surface area contributed by atoms with Gasteiger partial charge in [0.15, 0.2) is 6.10 Å². The molecule has 0 rings (SSSR count). The lowest BCUT2D eigenvalue weighted by Crippen LogP contribution is -2.30. The molecule has 0 aromatic carbocycles. The van der Waals surface area contributed by atoms with Crippen LogP contribution in [0.2, 0.25) is 0 Å². The molecule has 0 radical (unpaired) electrons. The molecular formula is C48H92O6. The van der Waals surface area contributed by atoms with E-state index in [1.54, 1.807) is 0 Å². The Morgan fingerprint density at radius 2 is 0.611 bits per heavy atom. The zero-order valence-electron chi connectivity index (χ0n) is 36.7. The van der Waals surface area contributed by atoms with E-state index in [0.717, 1.165) is 63.7 Å². The molecular weight excluding hydrogens is 673 g/mol. The molecule has 0 aliphatic carbocycles. The molecule has 320 valence electrons. The molecule has 1 atom stereocenters. The van der Waals surface area contributed by atoms with Crippen molar-refractivity contribution < 1.29 is 28.6 Å². The summed E-state index contributed by atoms with van der Waals surface area (Å²) in [5, 5.41) is 0. The number of hydrogen-bond donors (Lipinski definition) is 0. The van der Waals surface area contributed by atoms with Gasteiger partial charge in [0, 0.05) is 19.3 Å². The fourth-order valence-corrected chi connectivity index (χ4v) is 7.16. The Morgan fingerprint density at radius 3 is 0.907 bits per heavy atom. The summed E-state index contributed by atoms with van der Waals surface area (Å²) in [6.07, 6.45) is 42.4. The summed E-state index contributed by atoms with van der Waals surface area (Å²) < 4.78 is 16.7. The Hall–Kier alpha value is -1.59. The van der Waals surface area contributed by atoms with Crippen molar-refractivity contribution in [2.45, 2.75) is 271 Å². The maximum Gasteiger partial charge on any atom is 0.306 e. The van der Waals surface area contributed by atoms with Crippen LogP contribution in [0.15, 0.2) is 0 Å². The third kappa shape index (κ3) is 41.6. The van der Waals surface area contributed by atoms with Gasteiger partial charge < -0.3 is 14.2 Å². The molecule has 0 saturated carbocycles.